The molecular formula is C10H19FN2O2S. The molecule has 16 heavy (non-hydrogen) atoms. The van der Waals surface area contributed by atoms with Crippen molar-refractivity contribution in [3.8, 4) is 0 Å². The largest absolute Gasteiger partial charge is 0.313 e. The van der Waals surface area contributed by atoms with Crippen LogP contribution in [0.2, 0.25) is 0 Å². The smallest absolute Gasteiger partial charge is 0.151 e. The van der Waals surface area contributed by atoms with E-state index in [-0.39, 0.29) is 24.1 Å². The molecule has 0 bridgehead atoms. The van der Waals surface area contributed by atoms with Gasteiger partial charge in [-0.25, -0.2) is 12.8 Å². The highest BCUT2D eigenvalue weighted by molar-refractivity contribution is 7.91. The molecule has 0 radical (unpaired) electrons. The summed E-state index contributed by atoms with van der Waals surface area (Å²) >= 11 is 0. The molecule has 0 aromatic rings. The summed E-state index contributed by atoms with van der Waals surface area (Å²) in [5.74, 6) is 0.401. The lowest BCUT2D eigenvalue weighted by Crippen LogP contribution is -2.50. The van der Waals surface area contributed by atoms with Crippen molar-refractivity contribution < 1.29 is 12.8 Å². The van der Waals surface area contributed by atoms with Crippen molar-refractivity contribution in [1.29, 1.82) is 0 Å². The molecule has 6 heteroatoms. The van der Waals surface area contributed by atoms with E-state index in [4.69, 9.17) is 0 Å². The average Bonchev–Trinajstić information content (AvgIpc) is 2.57. The molecule has 0 saturated carbocycles. The summed E-state index contributed by atoms with van der Waals surface area (Å²) in [5, 5.41) is 6.09. The number of rotatable bonds is 3. The topological polar surface area (TPSA) is 58.2 Å². The van der Waals surface area contributed by atoms with Gasteiger partial charge in [-0.1, -0.05) is 0 Å². The summed E-state index contributed by atoms with van der Waals surface area (Å²) in [6, 6.07) is -0.0560. The van der Waals surface area contributed by atoms with Gasteiger partial charge >= 0.3 is 0 Å². The number of hydrogen-bond acceptors (Lipinski definition) is 4. The van der Waals surface area contributed by atoms with Crippen LogP contribution in [0.25, 0.3) is 0 Å². The van der Waals surface area contributed by atoms with Crippen LogP contribution in [0.4, 0.5) is 4.39 Å². The van der Waals surface area contributed by atoms with Crippen LogP contribution in [0.15, 0.2) is 0 Å². The van der Waals surface area contributed by atoms with Crippen molar-refractivity contribution in [2.75, 3.05) is 31.1 Å². The Bertz CT molecular complexity index is 339. The Morgan fingerprint density at radius 2 is 2.31 bits per heavy atom. The first-order chi connectivity index (χ1) is 7.49. The summed E-state index contributed by atoms with van der Waals surface area (Å²) in [4.78, 5) is 0. The van der Waals surface area contributed by atoms with Crippen LogP contribution < -0.4 is 10.6 Å². The van der Waals surface area contributed by atoms with Gasteiger partial charge in [-0.3, -0.25) is 0 Å². The van der Waals surface area contributed by atoms with E-state index in [1.54, 1.807) is 0 Å². The van der Waals surface area contributed by atoms with Crippen molar-refractivity contribution in [1.82, 2.24) is 10.6 Å². The monoisotopic (exact) mass is 250 g/mol. The van der Waals surface area contributed by atoms with Crippen LogP contribution in [-0.4, -0.2) is 51.3 Å². The third kappa shape index (κ3) is 3.15. The van der Waals surface area contributed by atoms with Crippen molar-refractivity contribution in [3.05, 3.63) is 0 Å². The Hall–Kier alpha value is -0.200. The van der Waals surface area contributed by atoms with Gasteiger partial charge in [0.25, 0.3) is 0 Å². The molecule has 2 aliphatic rings. The number of nitrogens with one attached hydrogen (secondary N) is 2. The second-order valence-corrected chi connectivity index (χ2v) is 7.14. The summed E-state index contributed by atoms with van der Waals surface area (Å²) in [6.45, 7) is 1.52. The Balaban J connectivity index is 1.79. The van der Waals surface area contributed by atoms with Crippen LogP contribution in [0.5, 0.6) is 0 Å². The van der Waals surface area contributed by atoms with Gasteiger partial charge in [-0.2, -0.15) is 0 Å². The Morgan fingerprint density at radius 3 is 2.88 bits per heavy atom. The van der Waals surface area contributed by atoms with Gasteiger partial charge in [0, 0.05) is 19.1 Å². The highest BCUT2D eigenvalue weighted by atomic mass is 32.2. The molecule has 2 N–H and O–H groups in total. The lowest BCUT2D eigenvalue weighted by atomic mass is 9.96. The second-order valence-electron chi connectivity index (χ2n) is 4.91. The van der Waals surface area contributed by atoms with Crippen molar-refractivity contribution in [2.24, 2.45) is 0 Å². The molecule has 94 valence electrons. The zero-order valence-electron chi connectivity index (χ0n) is 9.34. The van der Waals surface area contributed by atoms with Gasteiger partial charge in [0.1, 0.15) is 5.67 Å². The lowest BCUT2D eigenvalue weighted by Gasteiger charge is -2.31. The van der Waals surface area contributed by atoms with Crippen molar-refractivity contribution in [2.45, 2.75) is 31.0 Å². The van der Waals surface area contributed by atoms with Gasteiger partial charge in [-0.05, 0) is 25.8 Å². The number of sulfone groups is 1. The van der Waals surface area contributed by atoms with Gasteiger partial charge in [0.15, 0.2) is 9.84 Å². The summed E-state index contributed by atoms with van der Waals surface area (Å²) in [7, 11) is -2.87. The Labute approximate surface area is 95.9 Å². The minimum Gasteiger partial charge on any atom is -0.313 e. The van der Waals surface area contributed by atoms with E-state index in [2.05, 4.69) is 10.6 Å². The number of piperidine rings is 1. The fourth-order valence-corrected chi connectivity index (χ4v) is 4.07. The fraction of sp³-hybridized carbons (Fsp3) is 1.00. The van der Waals surface area contributed by atoms with Crippen LogP contribution in [0.1, 0.15) is 19.3 Å². The zero-order valence-corrected chi connectivity index (χ0v) is 10.2. The molecule has 4 nitrogen and oxygen atoms in total. The standard InChI is InChI=1S/C10H19FN2O2S/c11-10(3-1-4-12-7-10)8-13-9-2-5-16(14,15)6-9/h9,12-13H,1-8H2. The Morgan fingerprint density at radius 1 is 1.50 bits per heavy atom. The normalized spacial score (nSPS) is 38.7. The van der Waals surface area contributed by atoms with Crippen LogP contribution in [-0.2, 0) is 9.84 Å². The van der Waals surface area contributed by atoms with Crippen LogP contribution in [0, 0.1) is 0 Å². The highest BCUT2D eigenvalue weighted by Crippen LogP contribution is 2.21. The maximum Gasteiger partial charge on any atom is 0.151 e. The van der Waals surface area contributed by atoms with E-state index in [0.717, 1.165) is 13.0 Å². The SMILES string of the molecule is O=S1(=O)CCC(NCC2(F)CCCNC2)C1. The van der Waals surface area contributed by atoms with Gasteiger partial charge in [0.2, 0.25) is 0 Å². The number of halogens is 1. The van der Waals surface area contributed by atoms with Crippen LogP contribution in [0.3, 0.4) is 0 Å². The summed E-state index contributed by atoms with van der Waals surface area (Å²) < 4.78 is 36.6. The quantitative estimate of drug-likeness (QED) is 0.732. The van der Waals surface area contributed by atoms with Gasteiger partial charge in [-0.15, -0.1) is 0 Å². The maximum atomic E-state index is 14.1. The van der Waals surface area contributed by atoms with E-state index in [1.165, 1.54) is 0 Å². The first-order valence-electron chi connectivity index (χ1n) is 5.83. The second kappa shape index (κ2) is 4.58. The molecular weight excluding hydrogens is 231 g/mol. The average molecular weight is 250 g/mol. The molecule has 2 unspecified atom stereocenters. The van der Waals surface area contributed by atoms with Gasteiger partial charge in [0.05, 0.1) is 11.5 Å². The first kappa shape index (κ1) is 12.3. The molecule has 0 spiro atoms. The van der Waals surface area contributed by atoms with E-state index >= 15 is 0 Å². The number of alkyl halides is 1. The predicted molar refractivity (Wildman–Crippen MR) is 61.0 cm³/mol. The maximum absolute atomic E-state index is 14.1. The molecule has 2 aliphatic heterocycles. The molecule has 2 heterocycles. The molecule has 0 aromatic heterocycles. The molecule has 2 rings (SSSR count). The fourth-order valence-electron chi connectivity index (χ4n) is 2.37. The summed E-state index contributed by atoms with van der Waals surface area (Å²) in [5.41, 5.74) is -1.20. The van der Waals surface area contributed by atoms with E-state index in [0.29, 0.717) is 19.4 Å². The minimum absolute atomic E-state index is 0.0560. The zero-order chi connectivity index (χ0) is 11.6. The first-order valence-corrected chi connectivity index (χ1v) is 7.65. The van der Waals surface area contributed by atoms with E-state index < -0.39 is 15.5 Å². The lowest BCUT2D eigenvalue weighted by molar-refractivity contribution is 0.117. The van der Waals surface area contributed by atoms with E-state index in [9.17, 15) is 12.8 Å². The highest BCUT2D eigenvalue weighted by Gasteiger charge is 2.34. The molecule has 2 saturated heterocycles. The molecule has 0 aliphatic carbocycles. The third-order valence-electron chi connectivity index (χ3n) is 3.36. The molecule has 2 atom stereocenters. The van der Waals surface area contributed by atoms with Crippen LogP contribution >= 0.6 is 0 Å². The number of hydrogen-bond donors (Lipinski definition) is 2. The molecule has 0 amide bonds. The van der Waals surface area contributed by atoms with Crippen molar-refractivity contribution in [3.63, 3.8) is 0 Å². The Kier molecular flexibility index (Phi) is 3.51. The van der Waals surface area contributed by atoms with E-state index in [1.807, 2.05) is 0 Å². The predicted octanol–water partition coefficient (Wildman–Crippen LogP) is -0.145. The summed E-state index contributed by atoms with van der Waals surface area (Å²) in [6.07, 6.45) is 2.03. The van der Waals surface area contributed by atoms with Gasteiger partial charge < -0.3 is 10.6 Å². The molecule has 2 fully saturated rings. The molecule has 0 aromatic carbocycles. The minimum atomic E-state index is -2.87. The third-order valence-corrected chi connectivity index (χ3v) is 5.13. The van der Waals surface area contributed by atoms with Crippen molar-refractivity contribution >= 4 is 9.84 Å².